The van der Waals surface area contributed by atoms with Crippen LogP contribution in [0.4, 0.5) is 11.8 Å². The summed E-state index contributed by atoms with van der Waals surface area (Å²) in [5, 5.41) is 0.538. The molecule has 1 fully saturated rings. The van der Waals surface area contributed by atoms with Gasteiger partial charge in [0, 0.05) is 25.1 Å². The maximum absolute atomic E-state index is 12.9. The topological polar surface area (TPSA) is 124 Å². The number of hydrogen-bond donors (Lipinski definition) is 1. The average molecular weight is 466 g/mol. The predicted molar refractivity (Wildman–Crippen MR) is 125 cm³/mol. The zero-order chi connectivity index (χ0) is 23.1. The van der Waals surface area contributed by atoms with Gasteiger partial charge in [0.15, 0.2) is 28.4 Å². The van der Waals surface area contributed by atoms with Crippen molar-refractivity contribution in [2.75, 3.05) is 23.7 Å². The summed E-state index contributed by atoms with van der Waals surface area (Å²) in [4.78, 5) is 39.1. The van der Waals surface area contributed by atoms with Gasteiger partial charge in [-0.15, -0.1) is 0 Å². The van der Waals surface area contributed by atoms with E-state index < -0.39 is 0 Å². The minimum Gasteiger partial charge on any atom is -0.454 e. The van der Waals surface area contributed by atoms with E-state index in [0.29, 0.717) is 23.0 Å². The Hall–Kier alpha value is -3.72. The van der Waals surface area contributed by atoms with Crippen LogP contribution in [-0.4, -0.2) is 34.3 Å². The number of aryl methyl sites for hydroxylation is 1. The molecule has 33 heavy (non-hydrogen) atoms. The molecule has 10 heteroatoms. The Morgan fingerprint density at radius 3 is 2.73 bits per heavy atom. The van der Waals surface area contributed by atoms with Gasteiger partial charge in [0.2, 0.25) is 11.4 Å². The zero-order valence-corrected chi connectivity index (χ0v) is 18.5. The van der Waals surface area contributed by atoms with Crippen molar-refractivity contribution >= 4 is 51.7 Å². The lowest BCUT2D eigenvalue weighted by molar-refractivity contribution is -0.111. The lowest BCUT2D eigenvalue weighted by atomic mass is 9.99. The zero-order valence-electron chi connectivity index (χ0n) is 17.7. The molecule has 1 aliphatic rings. The molecule has 5 rings (SSSR count). The van der Waals surface area contributed by atoms with Gasteiger partial charge in [-0.05, 0) is 31.9 Å². The maximum Gasteiger partial charge on any atom is 0.225 e. The highest BCUT2D eigenvalue weighted by Gasteiger charge is 2.22. The number of pyridine rings is 1. The summed E-state index contributed by atoms with van der Waals surface area (Å²) in [6, 6.07) is 6.50. The van der Waals surface area contributed by atoms with Crippen LogP contribution in [0.1, 0.15) is 18.5 Å². The first-order valence-corrected chi connectivity index (χ1v) is 10.9. The number of carbonyl (C=O) groups is 1. The summed E-state index contributed by atoms with van der Waals surface area (Å²) in [5.41, 5.74) is 6.98. The predicted octanol–water partition coefficient (Wildman–Crippen LogP) is 3.88. The third kappa shape index (κ3) is 3.84. The number of nitrogen functional groups attached to an aromatic ring is 1. The Morgan fingerprint density at radius 1 is 1.21 bits per heavy atom. The number of fused-ring (bicyclic) bond motifs is 2. The highest BCUT2D eigenvalue weighted by molar-refractivity contribution is 6.35. The van der Waals surface area contributed by atoms with Crippen molar-refractivity contribution in [3.05, 3.63) is 51.4 Å². The molecule has 0 atom stereocenters. The summed E-state index contributed by atoms with van der Waals surface area (Å²) in [5.74, 6) is 1.34. The first-order chi connectivity index (χ1) is 15.9. The minimum absolute atomic E-state index is 0.0283. The SMILES string of the molecule is Cc1nc(N2CCC(C=O)CC2)ncc1Oc1cc2oc3cccc(Cl)c3c(=O)c2nc1N. The first-order valence-electron chi connectivity index (χ1n) is 10.5. The first kappa shape index (κ1) is 21.1. The summed E-state index contributed by atoms with van der Waals surface area (Å²) in [7, 11) is 0. The van der Waals surface area contributed by atoms with E-state index in [9.17, 15) is 9.59 Å². The van der Waals surface area contributed by atoms with E-state index >= 15 is 0 Å². The van der Waals surface area contributed by atoms with Crippen LogP contribution in [0.2, 0.25) is 5.02 Å². The van der Waals surface area contributed by atoms with Gasteiger partial charge in [-0.1, -0.05) is 17.7 Å². The molecule has 2 N–H and O–H groups in total. The molecule has 4 aromatic rings. The molecule has 0 aliphatic carbocycles. The van der Waals surface area contributed by atoms with E-state index in [1.165, 1.54) is 6.07 Å². The number of aldehydes is 1. The number of ether oxygens (including phenoxy) is 1. The van der Waals surface area contributed by atoms with Crippen LogP contribution < -0.4 is 20.8 Å². The number of anilines is 2. The highest BCUT2D eigenvalue weighted by Crippen LogP contribution is 2.32. The van der Waals surface area contributed by atoms with E-state index in [1.54, 1.807) is 31.3 Å². The van der Waals surface area contributed by atoms with Crippen molar-refractivity contribution in [2.24, 2.45) is 5.92 Å². The second-order valence-electron chi connectivity index (χ2n) is 7.94. The standard InChI is InChI=1S/C23H20ClN5O4/c1-12-18(10-26-23(27-12)29-7-5-13(11-30)6-8-29)33-17-9-16-20(28-22(17)25)21(31)19-14(24)3-2-4-15(19)32-16/h2-4,9-11,13H,5-8H2,1H3,(H2,25,28). The lowest BCUT2D eigenvalue weighted by Crippen LogP contribution is -2.35. The lowest BCUT2D eigenvalue weighted by Gasteiger charge is -2.29. The van der Waals surface area contributed by atoms with Gasteiger partial charge in [-0.3, -0.25) is 4.79 Å². The monoisotopic (exact) mass is 465 g/mol. The fourth-order valence-corrected chi connectivity index (χ4v) is 4.16. The average Bonchev–Trinajstić information content (AvgIpc) is 2.81. The summed E-state index contributed by atoms with van der Waals surface area (Å²) >= 11 is 6.17. The molecular formula is C23H20ClN5O4. The summed E-state index contributed by atoms with van der Waals surface area (Å²) in [6.07, 6.45) is 4.16. The molecule has 9 nitrogen and oxygen atoms in total. The Balaban J connectivity index is 1.46. The number of carbonyl (C=O) groups excluding carboxylic acids is 1. The minimum atomic E-state index is -0.364. The van der Waals surface area contributed by atoms with Gasteiger partial charge in [-0.25, -0.2) is 15.0 Å². The van der Waals surface area contributed by atoms with Gasteiger partial charge >= 0.3 is 0 Å². The van der Waals surface area contributed by atoms with E-state index in [2.05, 4.69) is 15.0 Å². The van der Waals surface area contributed by atoms with E-state index in [4.69, 9.17) is 26.5 Å². The Labute approximate surface area is 193 Å². The van der Waals surface area contributed by atoms with Crippen LogP contribution in [0, 0.1) is 12.8 Å². The molecule has 0 saturated carbocycles. The van der Waals surface area contributed by atoms with E-state index in [1.807, 2.05) is 4.90 Å². The van der Waals surface area contributed by atoms with Crippen molar-refractivity contribution in [2.45, 2.75) is 19.8 Å². The Kier molecular flexibility index (Phi) is 5.33. The number of piperidine rings is 1. The van der Waals surface area contributed by atoms with E-state index in [0.717, 1.165) is 32.2 Å². The van der Waals surface area contributed by atoms with Gasteiger partial charge in [0.05, 0.1) is 22.3 Å². The fraction of sp³-hybridized carbons (Fsp3) is 0.261. The van der Waals surface area contributed by atoms with Crippen LogP contribution in [0.3, 0.4) is 0 Å². The normalized spacial score (nSPS) is 14.7. The van der Waals surface area contributed by atoms with Gasteiger partial charge in [0.25, 0.3) is 0 Å². The highest BCUT2D eigenvalue weighted by atomic mass is 35.5. The van der Waals surface area contributed by atoms with Crippen molar-refractivity contribution in [3.8, 4) is 11.5 Å². The Morgan fingerprint density at radius 2 is 2.00 bits per heavy atom. The molecule has 1 saturated heterocycles. The molecule has 3 aromatic heterocycles. The molecule has 0 unspecified atom stereocenters. The van der Waals surface area contributed by atoms with Crippen LogP contribution in [0.5, 0.6) is 11.5 Å². The number of rotatable bonds is 4. The molecule has 1 aliphatic heterocycles. The smallest absolute Gasteiger partial charge is 0.225 e. The molecule has 0 bridgehead atoms. The third-order valence-electron chi connectivity index (χ3n) is 5.77. The third-order valence-corrected chi connectivity index (χ3v) is 6.09. The molecular weight excluding hydrogens is 446 g/mol. The molecule has 1 aromatic carbocycles. The molecule has 0 amide bonds. The Bertz CT molecular complexity index is 1450. The van der Waals surface area contributed by atoms with Crippen LogP contribution in [0.15, 0.2) is 39.7 Å². The largest absolute Gasteiger partial charge is 0.454 e. The number of hydrogen-bond acceptors (Lipinski definition) is 9. The molecule has 0 spiro atoms. The number of halogens is 1. The van der Waals surface area contributed by atoms with E-state index in [-0.39, 0.29) is 44.4 Å². The van der Waals surface area contributed by atoms with Gasteiger partial charge < -0.3 is 24.6 Å². The quantitative estimate of drug-likeness (QED) is 0.353. The molecule has 4 heterocycles. The van der Waals surface area contributed by atoms with Gasteiger partial charge in [0.1, 0.15) is 11.9 Å². The van der Waals surface area contributed by atoms with Crippen LogP contribution in [-0.2, 0) is 4.79 Å². The fourth-order valence-electron chi connectivity index (χ4n) is 3.91. The summed E-state index contributed by atoms with van der Waals surface area (Å²) < 4.78 is 11.8. The van der Waals surface area contributed by atoms with Crippen LogP contribution in [0.25, 0.3) is 22.1 Å². The second-order valence-corrected chi connectivity index (χ2v) is 8.35. The number of nitrogens with zero attached hydrogens (tertiary/aromatic N) is 4. The molecule has 0 radical (unpaired) electrons. The number of benzene rings is 1. The van der Waals surface area contributed by atoms with Crippen molar-refractivity contribution < 1.29 is 13.9 Å². The maximum atomic E-state index is 12.9. The second kappa shape index (κ2) is 8.32. The van der Waals surface area contributed by atoms with Crippen molar-refractivity contribution in [3.63, 3.8) is 0 Å². The summed E-state index contributed by atoms with van der Waals surface area (Å²) in [6.45, 7) is 3.25. The van der Waals surface area contributed by atoms with Crippen molar-refractivity contribution in [1.82, 2.24) is 15.0 Å². The van der Waals surface area contributed by atoms with Gasteiger partial charge in [-0.2, -0.15) is 0 Å². The van der Waals surface area contributed by atoms with Crippen molar-refractivity contribution in [1.29, 1.82) is 0 Å². The molecule has 168 valence electrons. The van der Waals surface area contributed by atoms with Crippen LogP contribution >= 0.6 is 11.6 Å². The number of aromatic nitrogens is 3. The number of nitrogens with two attached hydrogens (primary N) is 1.